The van der Waals surface area contributed by atoms with E-state index in [4.69, 9.17) is 5.73 Å². The molecule has 0 bridgehead atoms. The quantitative estimate of drug-likeness (QED) is 0.612. The summed E-state index contributed by atoms with van der Waals surface area (Å²) in [6.45, 7) is 4.93. The van der Waals surface area contributed by atoms with Crippen LogP contribution in [0.4, 0.5) is 10.2 Å². The average Bonchev–Trinajstić information content (AvgIpc) is 3.41. The molecule has 1 amide bonds. The number of hydrogen-bond acceptors (Lipinski definition) is 5. The highest BCUT2D eigenvalue weighted by Crippen LogP contribution is 2.26. The number of likely N-dealkylation sites (tertiary alicyclic amines) is 1. The van der Waals surface area contributed by atoms with Crippen molar-refractivity contribution in [3.63, 3.8) is 0 Å². The summed E-state index contributed by atoms with van der Waals surface area (Å²) in [7, 11) is 0. The first-order chi connectivity index (χ1) is 14.8. The van der Waals surface area contributed by atoms with Crippen molar-refractivity contribution >= 4 is 17.5 Å². The Morgan fingerprint density at radius 2 is 2.00 bits per heavy atom. The zero-order valence-electron chi connectivity index (χ0n) is 17.5. The third kappa shape index (κ3) is 4.08. The molecule has 8 nitrogen and oxygen atoms in total. The topological polar surface area (TPSA) is 110 Å². The fourth-order valence-electron chi connectivity index (χ4n) is 3.84. The van der Waals surface area contributed by atoms with Crippen LogP contribution in [0.1, 0.15) is 59.1 Å². The Bertz CT molecular complexity index is 1100. The van der Waals surface area contributed by atoms with Crippen LogP contribution in [-0.4, -0.2) is 49.7 Å². The Labute approximate surface area is 179 Å². The fourth-order valence-corrected chi connectivity index (χ4v) is 3.84. The third-order valence-electron chi connectivity index (χ3n) is 5.66. The molecule has 1 saturated heterocycles. The number of nitrogens with one attached hydrogen (secondary N) is 1. The highest BCUT2D eigenvalue weighted by Gasteiger charge is 2.32. The van der Waals surface area contributed by atoms with Crippen LogP contribution in [0.25, 0.3) is 5.69 Å². The molecule has 1 atom stereocenters. The third-order valence-corrected chi connectivity index (χ3v) is 5.66. The molecule has 1 aliphatic rings. The van der Waals surface area contributed by atoms with Crippen molar-refractivity contribution in [1.82, 2.24) is 24.9 Å². The van der Waals surface area contributed by atoms with Crippen LogP contribution in [0.3, 0.4) is 0 Å². The summed E-state index contributed by atoms with van der Waals surface area (Å²) in [4.78, 5) is 27.7. The molecule has 2 aromatic heterocycles. The number of nitrogen functional groups attached to an aromatic ring is 1. The van der Waals surface area contributed by atoms with Gasteiger partial charge in [0.25, 0.3) is 5.91 Å². The van der Waals surface area contributed by atoms with Crippen molar-refractivity contribution in [2.24, 2.45) is 5.92 Å². The summed E-state index contributed by atoms with van der Waals surface area (Å²) in [6, 6.07) is 7.47. The summed E-state index contributed by atoms with van der Waals surface area (Å²) in [5.74, 6) is -0.618. The minimum atomic E-state index is -0.366. The van der Waals surface area contributed by atoms with Gasteiger partial charge in [-0.25, -0.2) is 9.07 Å². The number of Topliss-reactive ketones (excluding diaryl/α,β-unsaturated/α-hetero) is 1. The van der Waals surface area contributed by atoms with Gasteiger partial charge in [-0.3, -0.25) is 14.7 Å². The Hall–Kier alpha value is -3.49. The molecule has 1 aromatic carbocycles. The lowest BCUT2D eigenvalue weighted by Gasteiger charge is -2.31. The van der Waals surface area contributed by atoms with Crippen molar-refractivity contribution in [1.29, 1.82) is 0 Å². The molecule has 1 fully saturated rings. The number of hydrogen-bond donors (Lipinski definition) is 2. The number of amides is 1. The average molecular weight is 424 g/mol. The van der Waals surface area contributed by atoms with Crippen molar-refractivity contribution < 1.29 is 14.0 Å². The van der Waals surface area contributed by atoms with Gasteiger partial charge < -0.3 is 10.6 Å². The molecule has 4 rings (SSSR count). The molecule has 0 spiro atoms. The molecule has 31 heavy (non-hydrogen) atoms. The zero-order valence-corrected chi connectivity index (χ0v) is 17.5. The summed E-state index contributed by atoms with van der Waals surface area (Å²) in [5.41, 5.74) is 8.33. The number of halogens is 1. The first kappa shape index (κ1) is 20.8. The number of H-pyrrole nitrogens is 1. The van der Waals surface area contributed by atoms with Crippen molar-refractivity contribution in [3.8, 4) is 5.69 Å². The van der Waals surface area contributed by atoms with Gasteiger partial charge in [0.05, 0.1) is 17.4 Å². The van der Waals surface area contributed by atoms with Crippen LogP contribution in [0.5, 0.6) is 0 Å². The fraction of sp³-hybridized carbons (Fsp3) is 0.364. The van der Waals surface area contributed by atoms with Gasteiger partial charge in [0, 0.05) is 24.7 Å². The van der Waals surface area contributed by atoms with E-state index >= 15 is 0 Å². The van der Waals surface area contributed by atoms with E-state index in [0.717, 1.165) is 12.1 Å². The van der Waals surface area contributed by atoms with Gasteiger partial charge in [-0.05, 0) is 49.1 Å². The summed E-state index contributed by atoms with van der Waals surface area (Å²) in [5, 5.41) is 11.2. The van der Waals surface area contributed by atoms with Crippen molar-refractivity contribution in [2.75, 3.05) is 18.8 Å². The monoisotopic (exact) mass is 424 g/mol. The number of carbonyl (C=O) groups is 2. The van der Waals surface area contributed by atoms with Crippen LogP contribution >= 0.6 is 0 Å². The molecular formula is C22H25FN6O2. The number of ketones is 1. The number of anilines is 1. The molecule has 0 aliphatic carbocycles. The molecule has 0 radical (unpaired) electrons. The zero-order chi connectivity index (χ0) is 22.1. The number of rotatable bonds is 5. The van der Waals surface area contributed by atoms with Gasteiger partial charge in [0.1, 0.15) is 17.3 Å². The number of aromatic amines is 1. The van der Waals surface area contributed by atoms with Gasteiger partial charge in [-0.1, -0.05) is 13.8 Å². The van der Waals surface area contributed by atoms with Gasteiger partial charge in [0.2, 0.25) is 0 Å². The van der Waals surface area contributed by atoms with Crippen LogP contribution in [0.2, 0.25) is 0 Å². The number of nitrogens with two attached hydrogens (primary N) is 1. The molecule has 3 aromatic rings. The Kier molecular flexibility index (Phi) is 5.58. The second-order valence-corrected chi connectivity index (χ2v) is 8.15. The van der Waals surface area contributed by atoms with E-state index in [2.05, 4.69) is 15.3 Å². The van der Waals surface area contributed by atoms with E-state index in [9.17, 15) is 14.0 Å². The predicted octanol–water partition coefficient (Wildman–Crippen LogP) is 3.18. The lowest BCUT2D eigenvalue weighted by molar-refractivity contribution is 0.0632. The standard InChI is InChI=1S/C22H25FN6O2/c1-13(2)18-10-19(27-26-18)22(31)28-9-3-4-14(12-28)20(30)17-11-25-29(21(17)24)16-7-5-15(23)6-8-16/h5-8,10-11,13-14H,3-4,9,12,24H2,1-2H3,(H,26,27). The first-order valence-corrected chi connectivity index (χ1v) is 10.3. The van der Waals surface area contributed by atoms with E-state index in [1.165, 1.54) is 23.0 Å². The van der Waals surface area contributed by atoms with Crippen LogP contribution in [0, 0.1) is 11.7 Å². The lowest BCUT2D eigenvalue weighted by Crippen LogP contribution is -2.42. The molecule has 9 heteroatoms. The van der Waals surface area contributed by atoms with Crippen molar-refractivity contribution in [2.45, 2.75) is 32.6 Å². The minimum absolute atomic E-state index is 0.145. The number of aromatic nitrogens is 4. The Balaban J connectivity index is 1.50. The van der Waals surface area contributed by atoms with Crippen molar-refractivity contribution in [3.05, 3.63) is 59.3 Å². The number of nitrogens with zero attached hydrogens (tertiary/aromatic N) is 4. The molecule has 1 unspecified atom stereocenters. The predicted molar refractivity (Wildman–Crippen MR) is 114 cm³/mol. The van der Waals surface area contributed by atoms with Crippen LogP contribution in [-0.2, 0) is 0 Å². The second-order valence-electron chi connectivity index (χ2n) is 8.15. The maximum absolute atomic E-state index is 13.2. The van der Waals surface area contributed by atoms with Gasteiger partial charge in [-0.15, -0.1) is 0 Å². The van der Waals surface area contributed by atoms with E-state index < -0.39 is 0 Å². The largest absolute Gasteiger partial charge is 0.383 e. The first-order valence-electron chi connectivity index (χ1n) is 10.3. The highest BCUT2D eigenvalue weighted by atomic mass is 19.1. The molecule has 3 heterocycles. The van der Waals surface area contributed by atoms with E-state index in [1.54, 1.807) is 23.1 Å². The second kappa shape index (κ2) is 8.33. The highest BCUT2D eigenvalue weighted by molar-refractivity contribution is 6.02. The summed E-state index contributed by atoms with van der Waals surface area (Å²) in [6.07, 6.45) is 2.82. The van der Waals surface area contributed by atoms with Crippen LogP contribution < -0.4 is 5.73 Å². The number of carbonyl (C=O) groups excluding carboxylic acids is 2. The molecule has 3 N–H and O–H groups in total. The van der Waals surface area contributed by atoms with Gasteiger partial charge in [0.15, 0.2) is 5.78 Å². The smallest absolute Gasteiger partial charge is 0.274 e. The maximum atomic E-state index is 13.2. The molecule has 0 saturated carbocycles. The van der Waals surface area contributed by atoms with E-state index in [-0.39, 0.29) is 35.2 Å². The van der Waals surface area contributed by atoms with Gasteiger partial charge in [-0.2, -0.15) is 10.2 Å². The Morgan fingerprint density at radius 3 is 2.68 bits per heavy atom. The molecule has 1 aliphatic heterocycles. The summed E-state index contributed by atoms with van der Waals surface area (Å²) >= 11 is 0. The number of benzene rings is 1. The molecular weight excluding hydrogens is 399 g/mol. The molecule has 162 valence electrons. The summed E-state index contributed by atoms with van der Waals surface area (Å²) < 4.78 is 14.6. The Morgan fingerprint density at radius 1 is 1.26 bits per heavy atom. The minimum Gasteiger partial charge on any atom is -0.383 e. The van der Waals surface area contributed by atoms with Gasteiger partial charge >= 0.3 is 0 Å². The van der Waals surface area contributed by atoms with E-state index in [1.807, 2.05) is 13.8 Å². The van der Waals surface area contributed by atoms with Crippen LogP contribution in [0.15, 0.2) is 36.5 Å². The maximum Gasteiger partial charge on any atom is 0.274 e. The number of piperidine rings is 1. The SMILES string of the molecule is CC(C)c1cc(C(=O)N2CCCC(C(=O)c3cnn(-c4ccc(F)cc4)c3N)C2)n[nH]1. The normalized spacial score (nSPS) is 16.6. The van der Waals surface area contributed by atoms with E-state index in [0.29, 0.717) is 36.5 Å². The lowest BCUT2D eigenvalue weighted by atomic mass is 9.90.